The number of hydrogen-bond donors (Lipinski definition) is 5. The number of hydrazine groups is 1. The molecule has 2 aliphatic heterocycles. The van der Waals surface area contributed by atoms with Crippen LogP contribution in [-0.2, 0) is 47.9 Å². The van der Waals surface area contributed by atoms with Crippen molar-refractivity contribution in [2.75, 3.05) is 32.1 Å². The molecule has 0 saturated carbocycles. The first kappa shape index (κ1) is 49.1. The van der Waals surface area contributed by atoms with Crippen LogP contribution in [0, 0.1) is 4.91 Å². The third-order valence-corrected chi connectivity index (χ3v) is 10.9. The van der Waals surface area contributed by atoms with Crippen LogP contribution >= 0.6 is 22.7 Å². The van der Waals surface area contributed by atoms with Crippen molar-refractivity contribution in [1.29, 1.82) is 0 Å². The number of thiophene rings is 2. The van der Waals surface area contributed by atoms with Crippen molar-refractivity contribution >= 4 is 58.2 Å². The zero-order chi connectivity index (χ0) is 44.8. The molecule has 0 radical (unpaired) electrons. The number of nitrogens with one attached hydrogen (secondary N) is 3. The molecular weight excluding hydrogens is 872 g/mol. The molecule has 0 bridgehead atoms. The first-order chi connectivity index (χ1) is 30.0. The second-order valence-electron chi connectivity index (χ2n) is 12.5. The van der Waals surface area contributed by atoms with Crippen LogP contribution in [0.2, 0.25) is 0 Å². The summed E-state index contributed by atoms with van der Waals surface area (Å²) in [6, 6.07) is 11.0. The van der Waals surface area contributed by atoms with Crippen LogP contribution in [0.1, 0.15) is 48.9 Å². The van der Waals surface area contributed by atoms with Crippen molar-refractivity contribution in [3.05, 3.63) is 104 Å². The van der Waals surface area contributed by atoms with Crippen LogP contribution < -0.4 is 45.9 Å². The second-order valence-corrected chi connectivity index (χ2v) is 14.8. The van der Waals surface area contributed by atoms with Crippen LogP contribution in [0.5, 0.6) is 0 Å². The Hall–Kier alpha value is -6.58. The topological polar surface area (TPSA) is 312 Å². The van der Waals surface area contributed by atoms with E-state index in [9.17, 15) is 19.2 Å². The normalized spacial score (nSPS) is 11.9. The average molecular weight is 911 g/mol. The molecule has 2 aliphatic rings. The number of aliphatic hydroxyl groups is 1. The summed E-state index contributed by atoms with van der Waals surface area (Å²) in [5.74, 6) is 0.0814. The van der Waals surface area contributed by atoms with E-state index in [0.29, 0.717) is 54.7 Å². The maximum Gasteiger partial charge on any atom is 1.00 e. The Balaban J connectivity index is 0.000000234. The molecule has 324 valence electrons. The molecule has 0 aromatic carbocycles. The van der Waals surface area contributed by atoms with Gasteiger partial charge in [0.05, 0.1) is 63.4 Å². The number of fused-ring (bicyclic) bond motifs is 2. The molecule has 5 N–H and O–H groups in total. The molecule has 0 saturated heterocycles. The maximum absolute atomic E-state index is 12.6. The molecule has 0 unspecified atom stereocenters. The fraction of sp³-hybridized carbons (Fsp3) is 0.278. The fourth-order valence-electron chi connectivity index (χ4n) is 5.89. The molecule has 27 heteroatoms. The van der Waals surface area contributed by atoms with Gasteiger partial charge in [-0.3, -0.25) is 33.8 Å². The molecular formula is C36H39N16NaO8S2. The van der Waals surface area contributed by atoms with Crippen LogP contribution in [0.25, 0.3) is 26.7 Å². The number of aryl methyl sites for hydroxylation is 2. The van der Waals surface area contributed by atoms with Gasteiger partial charge in [0, 0.05) is 67.7 Å². The minimum absolute atomic E-state index is 0. The van der Waals surface area contributed by atoms with Crippen LogP contribution in [0.4, 0.5) is 11.8 Å². The first-order valence-corrected chi connectivity index (χ1v) is 19.8. The monoisotopic (exact) mass is 910 g/mol. The molecule has 6 aromatic heterocycles. The predicted molar refractivity (Wildman–Crippen MR) is 223 cm³/mol. The number of ether oxygens (including phenoxy) is 1. The van der Waals surface area contributed by atoms with Gasteiger partial charge in [-0.1, -0.05) is 0 Å². The Bertz CT molecular complexity index is 2540. The van der Waals surface area contributed by atoms with Crippen molar-refractivity contribution < 1.29 is 63.7 Å². The largest absolute Gasteiger partial charge is 1.00 e. The summed E-state index contributed by atoms with van der Waals surface area (Å²) in [4.78, 5) is 80.4. The summed E-state index contributed by atoms with van der Waals surface area (Å²) in [5, 5.41) is 31.5. The number of rotatable bonds is 14. The zero-order valence-electron chi connectivity index (χ0n) is 34.5. The van der Waals surface area contributed by atoms with Gasteiger partial charge in [0.15, 0.2) is 0 Å². The number of aliphatic hydroxyl groups excluding tert-OH is 1. The molecule has 6 aromatic rings. The molecule has 8 heterocycles. The SMILES string of the molecule is CCOC(=O)CN1Cc2sc(-c3ccnc(Cc4ccnn4C)n3)cc2C1=O.CO.Cn1nccc1Nc1nccc(-c2cc3c(s2)CN(CC(=O)O)C3=O)n1.[N-]=NNNN=O.[Na+]. The maximum atomic E-state index is 12.6. The number of carbonyl (C=O) groups excluding carboxylic acids is 3. The van der Waals surface area contributed by atoms with E-state index in [4.69, 9.17) is 25.4 Å². The van der Waals surface area contributed by atoms with Gasteiger partial charge in [0.25, 0.3) is 11.8 Å². The van der Waals surface area contributed by atoms with Crippen LogP contribution in [-0.4, -0.2) is 110 Å². The molecule has 2 amide bonds. The number of hydrogen-bond acceptors (Lipinski definition) is 18. The smallest absolute Gasteiger partial charge is 0.480 e. The summed E-state index contributed by atoms with van der Waals surface area (Å²) < 4.78 is 8.40. The standard InChI is InChI=1S/C19H19N5O3S.C16H14N6O3S.CH4O.H2N5O.Na/c1-3-27-18(25)11-24-10-16-13(19(24)26)9-15(28-16)14-5-6-20-17(22-14)8-12-4-7-21-23(12)2;1-21-13(3-5-18-21)20-16-17-4-2-10(19-16)11-6-9-12(26-11)7-22(15(9)25)8-14(23)24;1-2;1-2-3-4-5-6;/h4-7,9H,3,8,10-11H2,1-2H3;2-6H,7-8H2,1H3,(H,23,24)(H,17,19,20);2H,1H3;(H2-,1,2,3,4,5,6);/q;;;-1;+1. The summed E-state index contributed by atoms with van der Waals surface area (Å²) in [7, 11) is 4.70. The Kier molecular flexibility index (Phi) is 18.4. The van der Waals surface area contributed by atoms with Gasteiger partial charge in [0.1, 0.15) is 24.7 Å². The summed E-state index contributed by atoms with van der Waals surface area (Å²) >= 11 is 2.96. The van der Waals surface area contributed by atoms with Gasteiger partial charge >= 0.3 is 41.5 Å². The number of carboxylic acids is 1. The number of aromatic nitrogens is 8. The van der Waals surface area contributed by atoms with E-state index in [0.717, 1.165) is 43.8 Å². The van der Waals surface area contributed by atoms with Crippen molar-refractivity contribution in [3.63, 3.8) is 0 Å². The third kappa shape index (κ3) is 12.7. The predicted octanol–water partition coefficient (Wildman–Crippen LogP) is 0.0820. The van der Waals surface area contributed by atoms with E-state index < -0.39 is 5.97 Å². The van der Waals surface area contributed by atoms with Crippen molar-refractivity contribution in [2.24, 2.45) is 24.6 Å². The van der Waals surface area contributed by atoms with E-state index in [1.807, 2.05) is 38.4 Å². The molecule has 24 nitrogen and oxygen atoms in total. The number of carbonyl (C=O) groups is 4. The number of esters is 1. The van der Waals surface area contributed by atoms with Crippen molar-refractivity contribution in [2.45, 2.75) is 26.4 Å². The number of carboxylic acid groups (broad SMARTS) is 1. The van der Waals surface area contributed by atoms with Gasteiger partial charge < -0.3 is 41.1 Å². The van der Waals surface area contributed by atoms with Gasteiger partial charge in [0.2, 0.25) is 5.95 Å². The van der Waals surface area contributed by atoms with E-state index in [-0.39, 0.29) is 60.4 Å². The Morgan fingerprint density at radius 1 is 0.841 bits per heavy atom. The quantitative estimate of drug-likeness (QED) is 0.0241. The van der Waals surface area contributed by atoms with E-state index in [1.165, 1.54) is 32.5 Å². The number of anilines is 2. The fourth-order valence-corrected chi connectivity index (χ4v) is 8.16. The average Bonchev–Trinajstić information content (AvgIpc) is 4.13. The van der Waals surface area contributed by atoms with Gasteiger partial charge in [-0.25, -0.2) is 25.5 Å². The summed E-state index contributed by atoms with van der Waals surface area (Å²) in [6.45, 7) is 2.48. The molecule has 63 heavy (non-hydrogen) atoms. The molecule has 8 rings (SSSR count). The number of aliphatic carboxylic acids is 1. The van der Waals surface area contributed by atoms with Crippen molar-refractivity contribution in [3.8, 4) is 21.1 Å². The molecule has 0 fully saturated rings. The first-order valence-electron chi connectivity index (χ1n) is 18.2. The number of nitroso groups, excluding NO2 is 1. The van der Waals surface area contributed by atoms with E-state index >= 15 is 0 Å². The molecule has 0 spiro atoms. The van der Waals surface area contributed by atoms with Gasteiger partial charge in [-0.2, -0.15) is 10.2 Å². The third-order valence-electron chi connectivity index (χ3n) is 8.61. The second kappa shape index (κ2) is 23.6. The van der Waals surface area contributed by atoms with E-state index in [2.05, 4.69) is 46.0 Å². The van der Waals surface area contributed by atoms with E-state index in [1.54, 1.807) is 64.3 Å². The number of nitrogens with zero attached hydrogens (tertiary/aromatic N) is 13. The Morgan fingerprint density at radius 3 is 1.94 bits per heavy atom. The van der Waals surface area contributed by atoms with Gasteiger partial charge in [-0.05, 0) is 37.3 Å². The summed E-state index contributed by atoms with van der Waals surface area (Å²) in [6.07, 6.45) is 7.38. The minimum Gasteiger partial charge on any atom is -0.480 e. The minimum atomic E-state index is -1.02. The van der Waals surface area contributed by atoms with Crippen LogP contribution in [0.15, 0.2) is 71.7 Å². The Labute approximate surface area is 388 Å². The zero-order valence-corrected chi connectivity index (χ0v) is 38.1. The summed E-state index contributed by atoms with van der Waals surface area (Å²) in [5.41, 5.74) is 14.4. The Morgan fingerprint density at radius 2 is 1.43 bits per heavy atom. The number of amides is 2. The molecule has 0 atom stereocenters. The van der Waals surface area contributed by atoms with Crippen molar-refractivity contribution in [1.82, 2.24) is 60.4 Å². The van der Waals surface area contributed by atoms with Crippen LogP contribution in [0.3, 0.4) is 0 Å². The molecule has 0 aliphatic carbocycles. The van der Waals surface area contributed by atoms with Gasteiger partial charge in [-0.15, -0.1) is 27.6 Å².